The molecule has 4 atom stereocenters. The highest BCUT2D eigenvalue weighted by molar-refractivity contribution is 5.00. The molecular formula is C28H48N2. The number of allylic oxidation sites excluding steroid dienone is 4. The summed E-state index contributed by atoms with van der Waals surface area (Å²) in [5.41, 5.74) is 13.4. The quantitative estimate of drug-likeness (QED) is 0.353. The van der Waals surface area contributed by atoms with E-state index < -0.39 is 0 Å². The van der Waals surface area contributed by atoms with Crippen LogP contribution in [-0.2, 0) is 0 Å². The third kappa shape index (κ3) is 6.20. The lowest BCUT2D eigenvalue weighted by Crippen LogP contribution is -2.48. The molecule has 0 aromatic rings. The van der Waals surface area contributed by atoms with E-state index in [4.69, 9.17) is 11.5 Å². The van der Waals surface area contributed by atoms with Gasteiger partial charge in [-0.3, -0.25) is 0 Å². The summed E-state index contributed by atoms with van der Waals surface area (Å²) < 4.78 is 0. The predicted octanol–water partition coefficient (Wildman–Crippen LogP) is 6.65. The molecule has 2 aliphatic rings. The van der Waals surface area contributed by atoms with Crippen LogP contribution in [0.15, 0.2) is 50.6 Å². The van der Waals surface area contributed by atoms with Crippen molar-refractivity contribution in [2.24, 2.45) is 52.9 Å². The number of hydrogen-bond acceptors (Lipinski definition) is 2. The Bertz CT molecular complexity index is 467. The SMILES string of the molecule is C=CCC1CC(C(CCC)C2CC(CC=C)C(N)C(CC=C)C2)CC(CC=C)C1N. The third-order valence-electron chi connectivity index (χ3n) is 8.31. The van der Waals surface area contributed by atoms with E-state index in [9.17, 15) is 0 Å². The largest absolute Gasteiger partial charge is 0.327 e. The zero-order valence-corrected chi connectivity index (χ0v) is 19.6. The minimum Gasteiger partial charge on any atom is -0.327 e. The summed E-state index contributed by atoms with van der Waals surface area (Å²) in [6.45, 7) is 18.4. The van der Waals surface area contributed by atoms with E-state index in [1.165, 1.54) is 38.5 Å². The lowest BCUT2D eigenvalue weighted by Gasteiger charge is -2.48. The maximum atomic E-state index is 6.72. The Morgan fingerprint density at radius 2 is 0.967 bits per heavy atom. The van der Waals surface area contributed by atoms with Gasteiger partial charge < -0.3 is 11.5 Å². The summed E-state index contributed by atoms with van der Waals surface area (Å²) in [6, 6.07) is 0.558. The van der Waals surface area contributed by atoms with Gasteiger partial charge in [-0.15, -0.1) is 26.3 Å². The maximum Gasteiger partial charge on any atom is 0.0102 e. The van der Waals surface area contributed by atoms with Crippen LogP contribution in [0.2, 0.25) is 0 Å². The standard InChI is InChI=1S/C28H48N2/c1-6-11-20-16-24(17-21(12-7-2)27(20)29)26(15-10-5)25-18-22(13-8-3)28(30)23(19-25)14-9-4/h6-9,20-28H,1-4,10-19,29-30H2,5H3. The lowest BCUT2D eigenvalue weighted by atomic mass is 9.58. The fraction of sp³-hybridized carbons (Fsp3) is 0.714. The van der Waals surface area contributed by atoms with Crippen molar-refractivity contribution < 1.29 is 0 Å². The highest BCUT2D eigenvalue weighted by atomic mass is 14.7. The molecule has 0 bridgehead atoms. The molecule has 0 spiro atoms. The molecule has 30 heavy (non-hydrogen) atoms. The Balaban J connectivity index is 2.26. The molecule has 2 heteroatoms. The van der Waals surface area contributed by atoms with Crippen molar-refractivity contribution in [3.05, 3.63) is 50.6 Å². The van der Waals surface area contributed by atoms with Gasteiger partial charge in [0, 0.05) is 12.1 Å². The highest BCUT2D eigenvalue weighted by Crippen LogP contribution is 2.49. The average Bonchev–Trinajstić information content (AvgIpc) is 2.72. The van der Waals surface area contributed by atoms with Crippen LogP contribution in [-0.4, -0.2) is 12.1 Å². The summed E-state index contributed by atoms with van der Waals surface area (Å²) in [4.78, 5) is 0. The van der Waals surface area contributed by atoms with Gasteiger partial charge in [-0.05, 0) is 92.8 Å². The Morgan fingerprint density at radius 1 is 0.667 bits per heavy atom. The summed E-state index contributed by atoms with van der Waals surface area (Å²) in [6.07, 6.45) is 20.1. The Hall–Kier alpha value is -1.12. The molecule has 0 aromatic heterocycles. The van der Waals surface area contributed by atoms with Crippen LogP contribution in [0.25, 0.3) is 0 Å². The van der Waals surface area contributed by atoms with Gasteiger partial charge in [0.25, 0.3) is 0 Å². The van der Waals surface area contributed by atoms with Gasteiger partial charge in [-0.2, -0.15) is 0 Å². The summed E-state index contributed by atoms with van der Waals surface area (Å²) in [5, 5.41) is 0. The van der Waals surface area contributed by atoms with E-state index in [0.717, 1.165) is 43.4 Å². The van der Waals surface area contributed by atoms with Gasteiger partial charge in [0.2, 0.25) is 0 Å². The highest BCUT2D eigenvalue weighted by Gasteiger charge is 2.43. The van der Waals surface area contributed by atoms with Gasteiger partial charge in [0.05, 0.1) is 0 Å². The minimum atomic E-state index is 0.279. The zero-order valence-electron chi connectivity index (χ0n) is 19.6. The van der Waals surface area contributed by atoms with Gasteiger partial charge >= 0.3 is 0 Å². The summed E-state index contributed by atoms with van der Waals surface area (Å²) >= 11 is 0. The smallest absolute Gasteiger partial charge is 0.0102 e. The Labute approximate surface area is 187 Å². The lowest BCUT2D eigenvalue weighted by molar-refractivity contribution is 0.0414. The second kappa shape index (κ2) is 12.7. The fourth-order valence-electron chi connectivity index (χ4n) is 6.90. The minimum absolute atomic E-state index is 0.279. The molecule has 2 saturated carbocycles. The molecule has 0 aromatic carbocycles. The topological polar surface area (TPSA) is 52.0 Å². The third-order valence-corrected chi connectivity index (χ3v) is 8.31. The van der Waals surface area contributed by atoms with Crippen molar-refractivity contribution in [3.63, 3.8) is 0 Å². The molecule has 2 rings (SSSR count). The van der Waals surface area contributed by atoms with Crippen molar-refractivity contribution in [2.75, 3.05) is 0 Å². The first-order chi connectivity index (χ1) is 14.5. The zero-order chi connectivity index (χ0) is 22.1. The molecule has 0 heterocycles. The molecule has 170 valence electrons. The Morgan fingerprint density at radius 3 is 1.20 bits per heavy atom. The first-order valence-electron chi connectivity index (χ1n) is 12.4. The van der Waals surface area contributed by atoms with Crippen LogP contribution in [0.3, 0.4) is 0 Å². The van der Waals surface area contributed by atoms with E-state index in [0.29, 0.717) is 23.7 Å². The number of nitrogens with two attached hydrogens (primary N) is 2. The van der Waals surface area contributed by atoms with Crippen LogP contribution in [0.1, 0.15) is 71.1 Å². The second-order valence-electron chi connectivity index (χ2n) is 10.2. The predicted molar refractivity (Wildman–Crippen MR) is 133 cm³/mol. The van der Waals surface area contributed by atoms with Gasteiger partial charge in [-0.1, -0.05) is 44.1 Å². The first-order valence-corrected chi connectivity index (χ1v) is 12.4. The van der Waals surface area contributed by atoms with E-state index in [1.54, 1.807) is 0 Å². The molecule has 0 radical (unpaired) electrons. The fourth-order valence-corrected chi connectivity index (χ4v) is 6.90. The second-order valence-corrected chi connectivity index (χ2v) is 10.2. The molecule has 0 aliphatic heterocycles. The molecule has 4 unspecified atom stereocenters. The van der Waals surface area contributed by atoms with Crippen LogP contribution < -0.4 is 11.5 Å². The van der Waals surface area contributed by atoms with Crippen molar-refractivity contribution >= 4 is 0 Å². The average molecular weight is 413 g/mol. The Kier molecular flexibility index (Phi) is 10.6. The molecule has 2 fully saturated rings. The van der Waals surface area contributed by atoms with Crippen LogP contribution in [0.5, 0.6) is 0 Å². The summed E-state index contributed by atoms with van der Waals surface area (Å²) in [7, 11) is 0. The molecule has 4 N–H and O–H groups in total. The van der Waals surface area contributed by atoms with Gasteiger partial charge in [-0.25, -0.2) is 0 Å². The molecule has 2 nitrogen and oxygen atoms in total. The van der Waals surface area contributed by atoms with Crippen molar-refractivity contribution in [1.82, 2.24) is 0 Å². The maximum absolute atomic E-state index is 6.72. The van der Waals surface area contributed by atoms with E-state index in [2.05, 4.69) is 57.5 Å². The van der Waals surface area contributed by atoms with Gasteiger partial charge in [0.1, 0.15) is 0 Å². The monoisotopic (exact) mass is 412 g/mol. The summed E-state index contributed by atoms with van der Waals surface area (Å²) in [5.74, 6) is 4.53. The van der Waals surface area contributed by atoms with E-state index in [-0.39, 0.29) is 12.1 Å². The normalized spacial score (nSPS) is 37.8. The molecule has 0 saturated heterocycles. The first kappa shape index (κ1) is 25.1. The van der Waals surface area contributed by atoms with Crippen molar-refractivity contribution in [1.29, 1.82) is 0 Å². The molecular weight excluding hydrogens is 364 g/mol. The van der Waals surface area contributed by atoms with Crippen LogP contribution >= 0.6 is 0 Å². The van der Waals surface area contributed by atoms with E-state index >= 15 is 0 Å². The van der Waals surface area contributed by atoms with E-state index in [1.807, 2.05) is 0 Å². The van der Waals surface area contributed by atoms with Crippen molar-refractivity contribution in [2.45, 2.75) is 83.2 Å². The van der Waals surface area contributed by atoms with Crippen LogP contribution in [0, 0.1) is 41.4 Å². The number of hydrogen-bond donors (Lipinski definition) is 2. The van der Waals surface area contributed by atoms with Gasteiger partial charge in [0.15, 0.2) is 0 Å². The van der Waals surface area contributed by atoms with Crippen LogP contribution in [0.4, 0.5) is 0 Å². The molecule has 2 aliphatic carbocycles. The molecule has 0 amide bonds. The van der Waals surface area contributed by atoms with Crippen molar-refractivity contribution in [3.8, 4) is 0 Å². The number of rotatable bonds is 12.